The lowest BCUT2D eigenvalue weighted by Crippen LogP contribution is -2.84. The van der Waals surface area contributed by atoms with E-state index in [1.165, 1.54) is 4.40 Å². The summed E-state index contributed by atoms with van der Waals surface area (Å²) in [6, 6.07) is 19.3. The summed E-state index contributed by atoms with van der Waals surface area (Å²) in [5, 5.41) is 2.13. The first-order valence-electron chi connectivity index (χ1n) is 8.30. The van der Waals surface area contributed by atoms with Crippen molar-refractivity contribution in [2.75, 3.05) is 0 Å². The maximum absolute atomic E-state index is 12.4. The highest BCUT2D eigenvalue weighted by Crippen LogP contribution is 2.18. The first-order chi connectivity index (χ1) is 12.7. The summed E-state index contributed by atoms with van der Waals surface area (Å²) in [5.74, 6) is 0.873. The zero-order chi connectivity index (χ0) is 17.9. The van der Waals surface area contributed by atoms with Crippen molar-refractivity contribution in [2.24, 2.45) is 0 Å². The third kappa shape index (κ3) is 3.47. The van der Waals surface area contributed by atoms with Crippen LogP contribution < -0.4 is 10.9 Å². The van der Waals surface area contributed by atoms with Gasteiger partial charge in [-0.1, -0.05) is 30.3 Å². The Morgan fingerprint density at radius 3 is 2.73 bits per heavy atom. The normalized spacial score (nSPS) is 12.3. The zero-order valence-electron chi connectivity index (χ0n) is 13.9. The van der Waals surface area contributed by atoms with E-state index in [1.807, 2.05) is 42.5 Å². The summed E-state index contributed by atoms with van der Waals surface area (Å²) in [6.45, 7) is 0.571. The molecule has 130 valence electrons. The Morgan fingerprint density at radius 2 is 1.96 bits per heavy atom. The number of rotatable bonds is 5. The molecule has 0 aliphatic heterocycles. The van der Waals surface area contributed by atoms with Crippen molar-refractivity contribution >= 4 is 21.6 Å². The second-order valence-electron chi connectivity index (χ2n) is 6.00. The minimum absolute atomic E-state index is 0.0105. The van der Waals surface area contributed by atoms with Crippen LogP contribution in [0.3, 0.4) is 0 Å². The van der Waals surface area contributed by atoms with Crippen LogP contribution >= 0.6 is 15.9 Å². The number of nitrogens with zero attached hydrogens (tertiary/aromatic N) is 2. The number of quaternary nitrogens is 1. The fraction of sp³-hybridized carbons (Fsp3) is 0.100. The van der Waals surface area contributed by atoms with Crippen LogP contribution in [0.25, 0.3) is 5.65 Å². The predicted molar refractivity (Wildman–Crippen MR) is 102 cm³/mol. The summed E-state index contributed by atoms with van der Waals surface area (Å²) in [6.07, 6.45) is 3.41. The standard InChI is InChI=1S/C20H16BrN3O2/c21-15-8-9-18-23-16(11-19(25)24(18)13-15)12-22-20(17-7-4-10-26-17)14-5-2-1-3-6-14/h1-11,13,20,22H,12H2/p+1/t20-/m1/s1. The molecule has 0 amide bonds. The highest BCUT2D eigenvalue weighted by Gasteiger charge is 2.20. The van der Waals surface area contributed by atoms with Crippen LogP contribution in [0.1, 0.15) is 23.1 Å². The lowest BCUT2D eigenvalue weighted by Gasteiger charge is -2.14. The van der Waals surface area contributed by atoms with Crippen molar-refractivity contribution in [3.8, 4) is 0 Å². The predicted octanol–water partition coefficient (Wildman–Crippen LogP) is 2.90. The number of furan rings is 1. The Hall–Kier alpha value is -2.70. The van der Waals surface area contributed by atoms with E-state index < -0.39 is 0 Å². The molecule has 0 spiro atoms. The fourth-order valence-electron chi connectivity index (χ4n) is 3.01. The summed E-state index contributed by atoms with van der Waals surface area (Å²) < 4.78 is 8.00. The molecule has 0 aliphatic carbocycles. The number of pyridine rings is 1. The molecular weight excluding hydrogens is 394 g/mol. The molecule has 0 saturated carbocycles. The quantitative estimate of drug-likeness (QED) is 0.550. The van der Waals surface area contributed by atoms with Crippen molar-refractivity contribution in [1.82, 2.24) is 9.38 Å². The number of hydrogen-bond donors (Lipinski definition) is 1. The Labute approximate surface area is 158 Å². The van der Waals surface area contributed by atoms with Crippen LogP contribution in [0.4, 0.5) is 0 Å². The van der Waals surface area contributed by atoms with Crippen LogP contribution in [0.2, 0.25) is 0 Å². The highest BCUT2D eigenvalue weighted by atomic mass is 79.9. The average molecular weight is 411 g/mol. The number of fused-ring (bicyclic) bond motifs is 1. The molecule has 0 bridgehead atoms. The van der Waals surface area contributed by atoms with Crippen LogP contribution in [0, 0.1) is 0 Å². The SMILES string of the molecule is O=c1cc(C[NH2+][C@H](c2ccccc2)c2ccco2)nc2ccc(Br)cn12. The van der Waals surface area contributed by atoms with Gasteiger partial charge in [0.15, 0.2) is 11.8 Å². The number of aromatic nitrogens is 2. The molecule has 0 saturated heterocycles. The molecule has 0 aliphatic rings. The molecule has 0 unspecified atom stereocenters. The maximum atomic E-state index is 12.4. The van der Waals surface area contributed by atoms with Gasteiger partial charge >= 0.3 is 0 Å². The van der Waals surface area contributed by atoms with E-state index >= 15 is 0 Å². The third-order valence-electron chi connectivity index (χ3n) is 4.25. The topological polar surface area (TPSA) is 64.1 Å². The first-order valence-corrected chi connectivity index (χ1v) is 9.09. The lowest BCUT2D eigenvalue weighted by atomic mass is 10.0. The van der Waals surface area contributed by atoms with E-state index in [-0.39, 0.29) is 11.6 Å². The lowest BCUT2D eigenvalue weighted by molar-refractivity contribution is -0.704. The van der Waals surface area contributed by atoms with E-state index in [1.54, 1.807) is 18.5 Å². The van der Waals surface area contributed by atoms with Gasteiger partial charge in [0, 0.05) is 22.3 Å². The molecule has 2 N–H and O–H groups in total. The van der Waals surface area contributed by atoms with Gasteiger partial charge in [0.2, 0.25) is 0 Å². The Balaban J connectivity index is 1.63. The number of benzene rings is 1. The van der Waals surface area contributed by atoms with E-state index in [0.717, 1.165) is 21.5 Å². The molecule has 0 radical (unpaired) electrons. The van der Waals surface area contributed by atoms with Gasteiger partial charge in [-0.2, -0.15) is 0 Å². The van der Waals surface area contributed by atoms with Crippen LogP contribution in [0.5, 0.6) is 0 Å². The van der Waals surface area contributed by atoms with Crippen molar-refractivity contribution in [2.45, 2.75) is 12.6 Å². The van der Waals surface area contributed by atoms with E-state index in [0.29, 0.717) is 12.2 Å². The Morgan fingerprint density at radius 1 is 1.12 bits per heavy atom. The zero-order valence-corrected chi connectivity index (χ0v) is 15.5. The second kappa shape index (κ2) is 7.27. The summed E-state index contributed by atoms with van der Waals surface area (Å²) in [5.41, 5.74) is 2.43. The first kappa shape index (κ1) is 16.8. The largest absolute Gasteiger partial charge is 0.463 e. The van der Waals surface area contributed by atoms with Gasteiger partial charge in [-0.05, 0) is 40.2 Å². The minimum Gasteiger partial charge on any atom is -0.463 e. The summed E-state index contributed by atoms with van der Waals surface area (Å²) in [7, 11) is 0. The molecular formula is C20H17BrN3O2+. The highest BCUT2D eigenvalue weighted by molar-refractivity contribution is 9.10. The smallest absolute Gasteiger partial charge is 0.258 e. The van der Waals surface area contributed by atoms with Crippen molar-refractivity contribution in [3.05, 3.63) is 105 Å². The van der Waals surface area contributed by atoms with E-state index in [4.69, 9.17) is 4.42 Å². The van der Waals surface area contributed by atoms with Crippen LogP contribution in [-0.4, -0.2) is 9.38 Å². The van der Waals surface area contributed by atoms with E-state index in [9.17, 15) is 4.79 Å². The van der Waals surface area contributed by atoms with Crippen molar-refractivity contribution < 1.29 is 9.73 Å². The molecule has 6 heteroatoms. The summed E-state index contributed by atoms with van der Waals surface area (Å²) in [4.78, 5) is 17.0. The van der Waals surface area contributed by atoms with Gasteiger partial charge in [-0.15, -0.1) is 0 Å². The molecule has 4 aromatic rings. The van der Waals surface area contributed by atoms with Crippen molar-refractivity contribution in [1.29, 1.82) is 0 Å². The Bertz CT molecular complexity index is 1080. The number of halogens is 1. The summed E-state index contributed by atoms with van der Waals surface area (Å²) >= 11 is 3.38. The molecule has 5 nitrogen and oxygen atoms in total. The van der Waals surface area contributed by atoms with Gasteiger partial charge < -0.3 is 9.73 Å². The van der Waals surface area contributed by atoms with Gasteiger partial charge in [-0.25, -0.2) is 4.98 Å². The van der Waals surface area contributed by atoms with Gasteiger partial charge in [0.25, 0.3) is 5.56 Å². The molecule has 0 fully saturated rings. The molecule has 4 rings (SSSR count). The molecule has 3 heterocycles. The van der Waals surface area contributed by atoms with Gasteiger partial charge in [0.05, 0.1) is 6.26 Å². The van der Waals surface area contributed by atoms with Gasteiger partial charge in [0.1, 0.15) is 17.9 Å². The fourth-order valence-corrected chi connectivity index (χ4v) is 3.35. The molecule has 1 aromatic carbocycles. The second-order valence-corrected chi connectivity index (χ2v) is 6.92. The third-order valence-corrected chi connectivity index (χ3v) is 4.72. The number of hydrogen-bond acceptors (Lipinski definition) is 3. The monoisotopic (exact) mass is 410 g/mol. The minimum atomic E-state index is -0.0889. The molecule has 3 aromatic heterocycles. The number of nitrogens with two attached hydrogens (primary N) is 1. The van der Waals surface area contributed by atoms with Crippen molar-refractivity contribution in [3.63, 3.8) is 0 Å². The van der Waals surface area contributed by atoms with Crippen LogP contribution in [-0.2, 0) is 6.54 Å². The maximum Gasteiger partial charge on any atom is 0.258 e. The van der Waals surface area contributed by atoms with Crippen LogP contribution in [0.15, 0.2) is 86.8 Å². The van der Waals surface area contributed by atoms with Gasteiger partial charge in [-0.3, -0.25) is 9.20 Å². The van der Waals surface area contributed by atoms with E-state index in [2.05, 4.69) is 38.4 Å². The Kier molecular flexibility index (Phi) is 4.69. The molecule has 26 heavy (non-hydrogen) atoms. The average Bonchev–Trinajstić information content (AvgIpc) is 3.18. The molecule has 1 atom stereocenters.